The monoisotopic (exact) mass is 478 g/mol. The van der Waals surface area contributed by atoms with Gasteiger partial charge in [0.15, 0.2) is 0 Å². The lowest BCUT2D eigenvalue weighted by Crippen LogP contribution is -2.56. The van der Waals surface area contributed by atoms with Crippen LogP contribution >= 0.6 is 11.6 Å². The van der Waals surface area contributed by atoms with Crippen LogP contribution in [0.5, 0.6) is 0 Å². The van der Waals surface area contributed by atoms with Crippen LogP contribution in [0.1, 0.15) is 73.7 Å². The highest BCUT2D eigenvalue weighted by Gasteiger charge is 2.48. The molecule has 4 fully saturated rings. The van der Waals surface area contributed by atoms with Gasteiger partial charge in [-0.05, 0) is 81.2 Å². The van der Waals surface area contributed by atoms with Gasteiger partial charge in [0.25, 0.3) is 5.91 Å². The molecule has 0 spiro atoms. The number of piperidine rings is 1. The Morgan fingerprint density at radius 2 is 1.62 bits per heavy atom. The van der Waals surface area contributed by atoms with Gasteiger partial charge in [0.2, 0.25) is 5.91 Å². The fourth-order valence-corrected chi connectivity index (χ4v) is 6.23. The molecule has 2 N–H and O–H groups in total. The summed E-state index contributed by atoms with van der Waals surface area (Å²) in [4.78, 5) is 32.8. The SMILES string of the molecule is O=C(NC1CC1)c1ccc(N2[C@@H]3CC[C@H]2CC(NC(=O)C2(c4ccc(Cl)cc4)CCC2)C3)nc1. The molecule has 2 aliphatic carbocycles. The first kappa shape index (κ1) is 21.9. The van der Waals surface area contributed by atoms with Crippen molar-refractivity contribution in [2.75, 3.05) is 4.90 Å². The van der Waals surface area contributed by atoms with Gasteiger partial charge in [-0.3, -0.25) is 9.59 Å². The third kappa shape index (κ3) is 3.96. The molecule has 1 unspecified atom stereocenters. The minimum absolute atomic E-state index is 0.0310. The fourth-order valence-electron chi connectivity index (χ4n) is 6.11. The molecule has 2 aromatic rings. The second kappa shape index (κ2) is 8.56. The highest BCUT2D eigenvalue weighted by Crippen LogP contribution is 2.45. The van der Waals surface area contributed by atoms with E-state index in [1.807, 2.05) is 36.4 Å². The van der Waals surface area contributed by atoms with Gasteiger partial charge in [0.05, 0.1) is 11.0 Å². The summed E-state index contributed by atoms with van der Waals surface area (Å²) in [5.41, 5.74) is 1.30. The zero-order chi connectivity index (χ0) is 23.3. The molecule has 2 saturated carbocycles. The smallest absolute Gasteiger partial charge is 0.253 e. The molecule has 0 radical (unpaired) electrons. The van der Waals surface area contributed by atoms with E-state index in [1.165, 1.54) is 0 Å². The van der Waals surface area contributed by atoms with Crippen LogP contribution in [0.2, 0.25) is 5.02 Å². The Balaban J connectivity index is 1.11. The average molecular weight is 479 g/mol. The molecule has 2 aliphatic heterocycles. The first-order chi connectivity index (χ1) is 16.5. The maximum atomic E-state index is 13.5. The summed E-state index contributed by atoms with van der Waals surface area (Å²) in [7, 11) is 0. The van der Waals surface area contributed by atoms with Crippen LogP contribution in [0.3, 0.4) is 0 Å². The molecule has 3 atom stereocenters. The van der Waals surface area contributed by atoms with Gasteiger partial charge in [0, 0.05) is 35.4 Å². The summed E-state index contributed by atoms with van der Waals surface area (Å²) >= 11 is 6.08. The number of nitrogens with one attached hydrogen (secondary N) is 2. The van der Waals surface area contributed by atoms with E-state index >= 15 is 0 Å². The summed E-state index contributed by atoms with van der Waals surface area (Å²) in [5, 5.41) is 7.15. The summed E-state index contributed by atoms with van der Waals surface area (Å²) in [5.74, 6) is 1.08. The lowest BCUT2D eigenvalue weighted by Gasteiger charge is -2.44. The van der Waals surface area contributed by atoms with Gasteiger partial charge in [-0.2, -0.15) is 0 Å². The Bertz CT molecular complexity index is 1060. The summed E-state index contributed by atoms with van der Waals surface area (Å²) in [6.07, 6.45) is 10.8. The van der Waals surface area contributed by atoms with Crippen molar-refractivity contribution in [3.8, 4) is 0 Å². The Hall–Kier alpha value is -2.60. The first-order valence-corrected chi connectivity index (χ1v) is 13.0. The second-order valence-electron chi connectivity index (χ2n) is 10.5. The van der Waals surface area contributed by atoms with E-state index in [2.05, 4.69) is 20.5 Å². The van der Waals surface area contributed by atoms with Crippen LogP contribution in [0.15, 0.2) is 42.6 Å². The van der Waals surface area contributed by atoms with Crippen LogP contribution in [0.4, 0.5) is 5.82 Å². The Morgan fingerprint density at radius 1 is 0.912 bits per heavy atom. The van der Waals surface area contributed by atoms with Crippen LogP contribution in [0, 0.1) is 0 Å². The van der Waals surface area contributed by atoms with Crippen molar-refractivity contribution in [3.63, 3.8) is 0 Å². The van der Waals surface area contributed by atoms with Gasteiger partial charge in [-0.1, -0.05) is 30.2 Å². The number of pyridine rings is 1. The molecular formula is C27H31ClN4O2. The minimum Gasteiger partial charge on any atom is -0.352 e. The number of rotatable bonds is 6. The van der Waals surface area contributed by atoms with Crippen molar-refractivity contribution in [1.82, 2.24) is 15.6 Å². The number of carbonyl (C=O) groups excluding carboxylic acids is 2. The maximum Gasteiger partial charge on any atom is 0.253 e. The lowest BCUT2D eigenvalue weighted by atomic mass is 9.63. The van der Waals surface area contributed by atoms with Gasteiger partial charge < -0.3 is 15.5 Å². The molecule has 2 saturated heterocycles. The van der Waals surface area contributed by atoms with Gasteiger partial charge in [-0.15, -0.1) is 0 Å². The average Bonchev–Trinajstić information content (AvgIpc) is 3.57. The number of hydrogen-bond donors (Lipinski definition) is 2. The molecule has 1 aromatic heterocycles. The number of hydrogen-bond acceptors (Lipinski definition) is 4. The second-order valence-corrected chi connectivity index (χ2v) is 11.0. The highest BCUT2D eigenvalue weighted by atomic mass is 35.5. The summed E-state index contributed by atoms with van der Waals surface area (Å²) in [6, 6.07) is 12.9. The van der Waals surface area contributed by atoms with Crippen LogP contribution in [0.25, 0.3) is 0 Å². The number of halogens is 1. The quantitative estimate of drug-likeness (QED) is 0.646. The van der Waals surface area contributed by atoms with Gasteiger partial charge >= 0.3 is 0 Å². The number of amides is 2. The zero-order valence-electron chi connectivity index (χ0n) is 19.3. The van der Waals surface area contributed by atoms with Crippen molar-refractivity contribution in [2.24, 2.45) is 0 Å². The van der Waals surface area contributed by atoms with E-state index in [4.69, 9.17) is 11.6 Å². The standard InChI is InChI=1S/C27H31ClN4O2/c28-19-5-3-18(4-6-19)27(12-1-13-27)26(34)31-21-14-22-9-10-23(15-21)32(22)24-11-2-17(16-29-24)25(33)30-20-7-8-20/h2-6,11,16,20-23H,1,7-10,12-15H2,(H,30,33)(H,31,34)/t21?,22-,23+. The number of benzene rings is 1. The summed E-state index contributed by atoms with van der Waals surface area (Å²) in [6.45, 7) is 0. The van der Waals surface area contributed by atoms with Gasteiger partial charge in [-0.25, -0.2) is 4.98 Å². The van der Waals surface area contributed by atoms with Crippen LogP contribution in [-0.2, 0) is 10.2 Å². The van der Waals surface area contributed by atoms with Gasteiger partial charge in [0.1, 0.15) is 5.82 Å². The Kier molecular flexibility index (Phi) is 5.51. The van der Waals surface area contributed by atoms with E-state index in [1.54, 1.807) is 6.20 Å². The Labute approximate surface area is 205 Å². The Morgan fingerprint density at radius 3 is 2.18 bits per heavy atom. The molecule has 2 bridgehead atoms. The molecule has 6 nitrogen and oxygen atoms in total. The highest BCUT2D eigenvalue weighted by molar-refractivity contribution is 6.30. The summed E-state index contributed by atoms with van der Waals surface area (Å²) < 4.78 is 0. The molecule has 34 heavy (non-hydrogen) atoms. The maximum absolute atomic E-state index is 13.5. The fraction of sp³-hybridized carbons (Fsp3) is 0.519. The van der Waals surface area contributed by atoms with E-state index in [0.29, 0.717) is 28.7 Å². The molecule has 4 aliphatic rings. The van der Waals surface area contributed by atoms with E-state index < -0.39 is 5.41 Å². The predicted molar refractivity (Wildman–Crippen MR) is 132 cm³/mol. The molecule has 3 heterocycles. The van der Waals surface area contributed by atoms with Crippen molar-refractivity contribution < 1.29 is 9.59 Å². The van der Waals surface area contributed by atoms with Crippen molar-refractivity contribution in [3.05, 3.63) is 58.7 Å². The largest absolute Gasteiger partial charge is 0.352 e. The number of nitrogens with zero attached hydrogens (tertiary/aromatic N) is 2. The van der Waals surface area contributed by atoms with Crippen LogP contribution in [-0.4, -0.2) is 41.0 Å². The lowest BCUT2D eigenvalue weighted by molar-refractivity contribution is -0.130. The molecule has 2 amide bonds. The molecule has 7 heteroatoms. The number of anilines is 1. The first-order valence-electron chi connectivity index (χ1n) is 12.6. The predicted octanol–water partition coefficient (Wildman–Crippen LogP) is 4.37. The normalized spacial score (nSPS) is 27.1. The molecule has 178 valence electrons. The molecule has 6 rings (SSSR count). The van der Waals surface area contributed by atoms with Crippen molar-refractivity contribution in [2.45, 2.75) is 87.4 Å². The molecular weight excluding hydrogens is 448 g/mol. The third-order valence-electron chi connectivity index (χ3n) is 8.29. The minimum atomic E-state index is -0.404. The van der Waals surface area contributed by atoms with Crippen LogP contribution < -0.4 is 15.5 Å². The molecule has 1 aromatic carbocycles. The van der Waals surface area contributed by atoms with E-state index in [0.717, 1.165) is 69.2 Å². The van der Waals surface area contributed by atoms with E-state index in [9.17, 15) is 9.59 Å². The topological polar surface area (TPSA) is 74.3 Å². The van der Waals surface area contributed by atoms with Crippen molar-refractivity contribution in [1.29, 1.82) is 0 Å². The third-order valence-corrected chi connectivity index (χ3v) is 8.55. The number of fused-ring (bicyclic) bond motifs is 2. The number of aromatic nitrogens is 1. The number of carbonyl (C=O) groups is 2. The zero-order valence-corrected chi connectivity index (χ0v) is 20.1. The van der Waals surface area contributed by atoms with E-state index in [-0.39, 0.29) is 17.9 Å². The van der Waals surface area contributed by atoms with Crippen molar-refractivity contribution >= 4 is 29.2 Å².